The SMILES string of the molecule is O=C(N/N=C\c1ccc(OC(=O)c2cccc3ccccc23)cc1)C(=O)Nc1ccccc1. The third-order valence-electron chi connectivity index (χ3n) is 4.72. The summed E-state index contributed by atoms with van der Waals surface area (Å²) in [7, 11) is 0. The highest BCUT2D eigenvalue weighted by Gasteiger charge is 2.13. The van der Waals surface area contributed by atoms with Crippen molar-refractivity contribution in [1.29, 1.82) is 0 Å². The van der Waals surface area contributed by atoms with Crippen molar-refractivity contribution >= 4 is 40.5 Å². The minimum Gasteiger partial charge on any atom is -0.423 e. The van der Waals surface area contributed by atoms with Crippen LogP contribution in [-0.4, -0.2) is 24.0 Å². The van der Waals surface area contributed by atoms with E-state index in [0.29, 0.717) is 22.6 Å². The predicted octanol–water partition coefficient (Wildman–Crippen LogP) is 4.15. The Morgan fingerprint density at radius 1 is 0.727 bits per heavy atom. The fourth-order valence-electron chi connectivity index (χ4n) is 3.11. The van der Waals surface area contributed by atoms with Crippen molar-refractivity contribution in [3.63, 3.8) is 0 Å². The number of carbonyl (C=O) groups is 3. The number of benzene rings is 4. The summed E-state index contributed by atoms with van der Waals surface area (Å²) in [6.45, 7) is 0. The molecule has 162 valence electrons. The zero-order chi connectivity index (χ0) is 23.0. The molecule has 0 unspecified atom stereocenters. The van der Waals surface area contributed by atoms with Crippen LogP contribution >= 0.6 is 0 Å². The van der Waals surface area contributed by atoms with E-state index < -0.39 is 17.8 Å². The molecule has 0 fully saturated rings. The quantitative estimate of drug-likeness (QED) is 0.161. The molecule has 0 aromatic heterocycles. The number of ether oxygens (including phenoxy) is 1. The van der Waals surface area contributed by atoms with Crippen LogP contribution in [0.3, 0.4) is 0 Å². The Kier molecular flexibility index (Phi) is 6.51. The number of rotatable bonds is 5. The molecule has 33 heavy (non-hydrogen) atoms. The molecule has 7 nitrogen and oxygen atoms in total. The van der Waals surface area contributed by atoms with Crippen molar-refractivity contribution in [2.75, 3.05) is 5.32 Å². The second-order valence-electron chi connectivity index (χ2n) is 7.00. The van der Waals surface area contributed by atoms with Crippen LogP contribution in [-0.2, 0) is 9.59 Å². The summed E-state index contributed by atoms with van der Waals surface area (Å²) in [6, 6.07) is 28.3. The van der Waals surface area contributed by atoms with E-state index in [9.17, 15) is 14.4 Å². The lowest BCUT2D eigenvalue weighted by Gasteiger charge is -2.07. The molecule has 4 aromatic rings. The minimum absolute atomic E-state index is 0.372. The summed E-state index contributed by atoms with van der Waals surface area (Å²) in [6.07, 6.45) is 1.38. The first-order valence-electron chi connectivity index (χ1n) is 10.1. The zero-order valence-electron chi connectivity index (χ0n) is 17.4. The van der Waals surface area contributed by atoms with E-state index in [2.05, 4.69) is 15.8 Å². The number of anilines is 1. The number of nitrogens with one attached hydrogen (secondary N) is 2. The number of nitrogens with zero attached hydrogens (tertiary/aromatic N) is 1. The van der Waals surface area contributed by atoms with Crippen molar-refractivity contribution in [2.45, 2.75) is 0 Å². The molecule has 0 saturated heterocycles. The smallest absolute Gasteiger partial charge is 0.344 e. The van der Waals surface area contributed by atoms with Gasteiger partial charge < -0.3 is 10.1 Å². The fraction of sp³-hybridized carbons (Fsp3) is 0. The lowest BCUT2D eigenvalue weighted by Crippen LogP contribution is -2.32. The first-order chi connectivity index (χ1) is 16.1. The average Bonchev–Trinajstić information content (AvgIpc) is 2.85. The van der Waals surface area contributed by atoms with E-state index in [4.69, 9.17) is 4.74 Å². The third kappa shape index (κ3) is 5.48. The molecular formula is C26H19N3O4. The highest BCUT2D eigenvalue weighted by molar-refractivity contribution is 6.39. The average molecular weight is 437 g/mol. The minimum atomic E-state index is -0.893. The first-order valence-corrected chi connectivity index (χ1v) is 10.1. The molecule has 7 heteroatoms. The van der Waals surface area contributed by atoms with Crippen LogP contribution in [0.2, 0.25) is 0 Å². The Morgan fingerprint density at radius 3 is 2.21 bits per heavy atom. The summed E-state index contributed by atoms with van der Waals surface area (Å²) in [5, 5.41) is 8.03. The number of amides is 2. The number of hydrogen-bond donors (Lipinski definition) is 2. The van der Waals surface area contributed by atoms with Crippen LogP contribution in [0, 0.1) is 0 Å². The van der Waals surface area contributed by atoms with Crippen molar-refractivity contribution < 1.29 is 19.1 Å². The number of para-hydroxylation sites is 1. The normalized spacial score (nSPS) is 10.7. The maximum Gasteiger partial charge on any atom is 0.344 e. The zero-order valence-corrected chi connectivity index (χ0v) is 17.4. The Bertz CT molecular complexity index is 1330. The third-order valence-corrected chi connectivity index (χ3v) is 4.72. The summed E-state index contributed by atoms with van der Waals surface area (Å²) >= 11 is 0. The van der Waals surface area contributed by atoms with Crippen LogP contribution in [0.5, 0.6) is 5.75 Å². The molecule has 0 aliphatic carbocycles. The molecule has 2 N–H and O–H groups in total. The Balaban J connectivity index is 1.33. The van der Waals surface area contributed by atoms with Crippen LogP contribution in [0.1, 0.15) is 15.9 Å². The highest BCUT2D eigenvalue weighted by atomic mass is 16.5. The predicted molar refractivity (Wildman–Crippen MR) is 126 cm³/mol. The monoisotopic (exact) mass is 437 g/mol. The van der Waals surface area contributed by atoms with Gasteiger partial charge in [0.2, 0.25) is 0 Å². The topological polar surface area (TPSA) is 96.9 Å². The number of fused-ring (bicyclic) bond motifs is 1. The van der Waals surface area contributed by atoms with Crippen LogP contribution in [0.15, 0.2) is 102 Å². The van der Waals surface area contributed by atoms with Gasteiger partial charge in [0, 0.05) is 5.69 Å². The molecule has 2 amide bonds. The molecule has 0 radical (unpaired) electrons. The maximum atomic E-state index is 12.6. The standard InChI is InChI=1S/C26H19N3O4/c30-24(28-20-9-2-1-3-10-20)25(31)29-27-17-18-13-15-21(16-14-18)33-26(32)23-12-6-8-19-7-4-5-11-22(19)23/h1-17H,(H,28,30)(H,29,31)/b27-17-. The van der Waals surface area contributed by atoms with Gasteiger partial charge in [-0.15, -0.1) is 0 Å². The van der Waals surface area contributed by atoms with Crippen molar-refractivity contribution in [1.82, 2.24) is 5.43 Å². The van der Waals surface area contributed by atoms with Crippen molar-refractivity contribution in [3.05, 3.63) is 108 Å². The Hall–Kier alpha value is -4.78. The molecule has 0 aliphatic rings. The van der Waals surface area contributed by atoms with E-state index in [1.165, 1.54) is 6.21 Å². The molecule has 0 atom stereocenters. The number of carbonyl (C=O) groups excluding carboxylic acids is 3. The van der Waals surface area contributed by atoms with E-state index in [1.54, 1.807) is 60.7 Å². The molecule has 4 aromatic carbocycles. The number of esters is 1. The molecule has 0 spiro atoms. The van der Waals surface area contributed by atoms with Crippen molar-refractivity contribution in [3.8, 4) is 5.75 Å². The van der Waals surface area contributed by atoms with Crippen LogP contribution in [0.25, 0.3) is 10.8 Å². The van der Waals surface area contributed by atoms with Gasteiger partial charge in [-0.25, -0.2) is 10.2 Å². The van der Waals surface area contributed by atoms with E-state index >= 15 is 0 Å². The maximum absolute atomic E-state index is 12.6. The van der Waals surface area contributed by atoms with Gasteiger partial charge in [0.15, 0.2) is 0 Å². The van der Waals surface area contributed by atoms with Crippen molar-refractivity contribution in [2.24, 2.45) is 5.10 Å². The summed E-state index contributed by atoms with van der Waals surface area (Å²) < 4.78 is 5.49. The van der Waals surface area contributed by atoms with Gasteiger partial charge in [0.05, 0.1) is 11.8 Å². The van der Waals surface area contributed by atoms with Gasteiger partial charge in [-0.05, 0) is 58.8 Å². The molecule has 4 rings (SSSR count). The Labute approximate surface area is 189 Å². The molecular weight excluding hydrogens is 418 g/mol. The van der Waals surface area contributed by atoms with Crippen LogP contribution in [0.4, 0.5) is 5.69 Å². The summed E-state index contributed by atoms with van der Waals surface area (Å²) in [5.41, 5.74) is 3.80. The van der Waals surface area contributed by atoms with E-state index in [-0.39, 0.29) is 0 Å². The lowest BCUT2D eigenvalue weighted by molar-refractivity contribution is -0.136. The van der Waals surface area contributed by atoms with E-state index in [1.807, 2.05) is 36.4 Å². The largest absolute Gasteiger partial charge is 0.423 e. The molecule has 0 heterocycles. The highest BCUT2D eigenvalue weighted by Crippen LogP contribution is 2.21. The molecule has 0 saturated carbocycles. The van der Waals surface area contributed by atoms with Gasteiger partial charge in [-0.2, -0.15) is 5.10 Å². The van der Waals surface area contributed by atoms with Gasteiger partial charge in [-0.3, -0.25) is 9.59 Å². The second-order valence-corrected chi connectivity index (χ2v) is 7.00. The summed E-state index contributed by atoms with van der Waals surface area (Å²) in [4.78, 5) is 36.3. The Morgan fingerprint density at radius 2 is 1.42 bits per heavy atom. The van der Waals surface area contributed by atoms with Gasteiger partial charge in [0.1, 0.15) is 5.75 Å². The number of hydrazone groups is 1. The molecule has 0 aliphatic heterocycles. The molecule has 0 bridgehead atoms. The van der Waals surface area contributed by atoms with Gasteiger partial charge >= 0.3 is 17.8 Å². The van der Waals surface area contributed by atoms with Gasteiger partial charge in [0.25, 0.3) is 0 Å². The second kappa shape index (κ2) is 10.0. The lowest BCUT2D eigenvalue weighted by atomic mass is 10.0. The number of hydrogen-bond acceptors (Lipinski definition) is 5. The van der Waals surface area contributed by atoms with Crippen LogP contribution < -0.4 is 15.5 Å². The van der Waals surface area contributed by atoms with E-state index in [0.717, 1.165) is 10.8 Å². The summed E-state index contributed by atoms with van der Waals surface area (Å²) in [5.74, 6) is -1.80. The first kappa shape index (κ1) is 21.5. The van der Waals surface area contributed by atoms with Gasteiger partial charge in [-0.1, -0.05) is 54.6 Å². The fourth-order valence-corrected chi connectivity index (χ4v) is 3.11.